The van der Waals surface area contributed by atoms with Crippen LogP contribution in [0.15, 0.2) is 66.5 Å². The van der Waals surface area contributed by atoms with E-state index in [1.54, 1.807) is 0 Å². The highest BCUT2D eigenvalue weighted by molar-refractivity contribution is 5.96. The lowest BCUT2D eigenvalue weighted by molar-refractivity contribution is -0.137. The predicted octanol–water partition coefficient (Wildman–Crippen LogP) is 3.48. The minimum Gasteiger partial charge on any atom is -0.490 e. The van der Waals surface area contributed by atoms with Crippen molar-refractivity contribution < 1.29 is 33.6 Å². The van der Waals surface area contributed by atoms with Gasteiger partial charge in [0, 0.05) is 23.5 Å². The average molecular weight is 442 g/mol. The van der Waals surface area contributed by atoms with Crippen LogP contribution in [0.4, 0.5) is 8.78 Å². The van der Waals surface area contributed by atoms with Gasteiger partial charge in [0.05, 0.1) is 6.61 Å². The molecule has 1 atom stereocenters. The largest absolute Gasteiger partial charge is 0.490 e. The zero-order valence-corrected chi connectivity index (χ0v) is 17.8. The molecule has 1 aliphatic carbocycles. The molecule has 1 unspecified atom stereocenters. The molecule has 0 saturated carbocycles. The van der Waals surface area contributed by atoms with Crippen LogP contribution >= 0.6 is 0 Å². The molecule has 0 aromatic heterocycles. The molecule has 7 heteroatoms. The Hall–Kier alpha value is -3.48. The molecule has 2 aromatic rings. The maximum absolute atomic E-state index is 14.3. The zero-order chi connectivity index (χ0) is 23.1. The van der Waals surface area contributed by atoms with Crippen molar-refractivity contribution in [3.63, 3.8) is 0 Å². The molecule has 0 amide bonds. The quantitative estimate of drug-likeness (QED) is 0.552. The lowest BCUT2D eigenvalue weighted by Crippen LogP contribution is -2.43. The summed E-state index contributed by atoms with van der Waals surface area (Å²) in [5.41, 5.74) is 1.12. The molecule has 0 aliphatic heterocycles. The van der Waals surface area contributed by atoms with Gasteiger partial charge < -0.3 is 14.6 Å². The second-order valence-electron chi connectivity index (χ2n) is 8.03. The van der Waals surface area contributed by atoms with Crippen LogP contribution in [0.3, 0.4) is 0 Å². The summed E-state index contributed by atoms with van der Waals surface area (Å²) in [6.07, 6.45) is 5.87. The van der Waals surface area contributed by atoms with Gasteiger partial charge in [-0.25, -0.2) is 8.78 Å². The lowest BCUT2D eigenvalue weighted by Gasteiger charge is -2.28. The van der Waals surface area contributed by atoms with Crippen LogP contribution in [0.5, 0.6) is 5.75 Å². The lowest BCUT2D eigenvalue weighted by atomic mass is 9.84. The molecule has 3 rings (SSSR count). The van der Waals surface area contributed by atoms with Crippen LogP contribution in [-0.2, 0) is 16.0 Å². The summed E-state index contributed by atoms with van der Waals surface area (Å²) >= 11 is 0. The second kappa shape index (κ2) is 10.2. The van der Waals surface area contributed by atoms with Crippen LogP contribution < -0.4 is 10.1 Å². The first-order valence-corrected chi connectivity index (χ1v) is 10.3. The Kier molecular flexibility index (Phi) is 7.41. The minimum atomic E-state index is -1.07. The van der Waals surface area contributed by atoms with E-state index >= 15 is 0 Å². The number of nitrogens with two attached hydrogens (primary N) is 1. The zero-order valence-electron chi connectivity index (χ0n) is 17.8. The third-order valence-corrected chi connectivity index (χ3v) is 5.22. The topological polar surface area (TPSA) is 81.4 Å². The van der Waals surface area contributed by atoms with Gasteiger partial charge in [-0.15, -0.1) is 0 Å². The molecule has 0 saturated heterocycles. The van der Waals surface area contributed by atoms with Gasteiger partial charge in [0.1, 0.15) is 11.6 Å². The van der Waals surface area contributed by atoms with Gasteiger partial charge in [-0.2, -0.15) is 0 Å². The van der Waals surface area contributed by atoms with Crippen LogP contribution in [0.2, 0.25) is 0 Å². The van der Waals surface area contributed by atoms with Gasteiger partial charge in [0.2, 0.25) is 5.71 Å². The van der Waals surface area contributed by atoms with Crippen LogP contribution in [-0.4, -0.2) is 30.0 Å². The van der Waals surface area contributed by atoms with Gasteiger partial charge in [-0.1, -0.05) is 31.2 Å². The van der Waals surface area contributed by atoms with Gasteiger partial charge in [-0.3, -0.25) is 10.2 Å². The third-order valence-electron chi connectivity index (χ3n) is 5.22. The summed E-state index contributed by atoms with van der Waals surface area (Å²) in [6, 6.07) is 11.5. The van der Waals surface area contributed by atoms with E-state index in [0.717, 1.165) is 17.7 Å². The van der Waals surface area contributed by atoms with Crippen molar-refractivity contribution in [3.05, 3.63) is 89.2 Å². The summed E-state index contributed by atoms with van der Waals surface area (Å²) in [4.78, 5) is 10.6. The monoisotopic (exact) mass is 442 g/mol. The molecular formula is C25H26F2NO4+. The van der Waals surface area contributed by atoms with E-state index in [0.29, 0.717) is 17.9 Å². The van der Waals surface area contributed by atoms with Gasteiger partial charge in [0.15, 0.2) is 18.2 Å². The third kappa shape index (κ3) is 6.26. The molecule has 3 N–H and O–H groups in total. The summed E-state index contributed by atoms with van der Waals surface area (Å²) in [5, 5.41) is 14.8. The fourth-order valence-electron chi connectivity index (χ4n) is 3.22. The minimum absolute atomic E-state index is 0.0114. The number of allylic oxidation sites excluding steroid dienone is 2. The summed E-state index contributed by atoms with van der Waals surface area (Å²) in [6.45, 7) is 2.33. The number of hydrogen-bond donors (Lipinski definition) is 2. The summed E-state index contributed by atoms with van der Waals surface area (Å²) in [5.74, 6) is -2.00. The number of ether oxygens (including phenoxy) is 2. The smallest absolute Gasteiger partial charge is 0.303 e. The van der Waals surface area contributed by atoms with E-state index in [4.69, 9.17) is 20.0 Å². The number of halogens is 2. The van der Waals surface area contributed by atoms with E-state index in [-0.39, 0.29) is 37.4 Å². The second-order valence-corrected chi connectivity index (χ2v) is 8.03. The van der Waals surface area contributed by atoms with E-state index in [1.807, 2.05) is 55.5 Å². The molecule has 0 radical (unpaired) electrons. The molecule has 0 fully saturated rings. The molecule has 5 nitrogen and oxygen atoms in total. The van der Waals surface area contributed by atoms with Crippen LogP contribution in [0.25, 0.3) is 0 Å². The number of benzene rings is 2. The van der Waals surface area contributed by atoms with E-state index in [9.17, 15) is 13.6 Å². The van der Waals surface area contributed by atoms with E-state index < -0.39 is 23.0 Å². The molecule has 0 heterocycles. The number of carboxylic acids is 1. The van der Waals surface area contributed by atoms with Gasteiger partial charge >= 0.3 is 5.97 Å². The van der Waals surface area contributed by atoms with E-state index in [2.05, 4.69) is 0 Å². The van der Waals surface area contributed by atoms with Crippen LogP contribution in [0, 0.1) is 17.0 Å². The molecule has 168 valence electrons. The van der Waals surface area contributed by atoms with Crippen molar-refractivity contribution in [2.24, 2.45) is 5.41 Å². The number of hydrogen-bond acceptors (Lipinski definition) is 3. The number of carboxylic acid groups (broad SMARTS) is 1. The predicted molar refractivity (Wildman–Crippen MR) is 116 cm³/mol. The van der Waals surface area contributed by atoms with Gasteiger partial charge in [-0.05, 0) is 48.8 Å². The fourth-order valence-corrected chi connectivity index (χ4v) is 3.22. The normalized spacial score (nSPS) is 17.5. The van der Waals surface area contributed by atoms with Crippen molar-refractivity contribution in [1.82, 2.24) is 0 Å². The first-order valence-electron chi connectivity index (χ1n) is 10.3. The Morgan fingerprint density at radius 1 is 1.16 bits per heavy atom. The van der Waals surface area contributed by atoms with Crippen molar-refractivity contribution >= 4 is 11.7 Å². The standard InChI is InChI=1S/C25H25F2NO4/c1-25(16-32-23-14-20(26)18(13-21(23)27)7-8-24(29)30)11-9-19(10-12-25)31-15-22(28)17-5-3-2-4-6-17/h2-6,9-11,13-14,28H,7-8,12,15-16H2,1H3,(H,29,30)/p+1. The summed E-state index contributed by atoms with van der Waals surface area (Å²) in [7, 11) is 0. The maximum Gasteiger partial charge on any atom is 0.303 e. The van der Waals surface area contributed by atoms with E-state index in [1.165, 1.54) is 0 Å². The fraction of sp³-hybridized carbons (Fsp3) is 0.280. The molecule has 32 heavy (non-hydrogen) atoms. The SMILES string of the molecule is CC1(COc2cc(F)c(CCC(=O)O)cc2F)C=CC(OCC(=[NH2+])c2ccccc2)=CC1. The maximum atomic E-state index is 14.3. The van der Waals surface area contributed by atoms with Gasteiger partial charge in [0.25, 0.3) is 0 Å². The number of rotatable bonds is 10. The van der Waals surface area contributed by atoms with Crippen molar-refractivity contribution in [1.29, 1.82) is 0 Å². The molecule has 0 spiro atoms. The Balaban J connectivity index is 1.53. The molecule has 2 aromatic carbocycles. The Labute approximate surface area is 185 Å². The van der Waals surface area contributed by atoms with Crippen molar-refractivity contribution in [2.75, 3.05) is 13.2 Å². The number of aliphatic carboxylic acids is 1. The van der Waals surface area contributed by atoms with Crippen LogP contribution in [0.1, 0.15) is 30.9 Å². The Bertz CT molecular complexity index is 1050. The number of carbonyl (C=O) groups is 1. The highest BCUT2D eigenvalue weighted by Crippen LogP contribution is 2.32. The first-order chi connectivity index (χ1) is 15.3. The highest BCUT2D eigenvalue weighted by atomic mass is 19.1. The first kappa shape index (κ1) is 23.2. The highest BCUT2D eigenvalue weighted by Gasteiger charge is 2.25. The van der Waals surface area contributed by atoms with Crippen molar-refractivity contribution in [3.8, 4) is 5.75 Å². The Morgan fingerprint density at radius 2 is 1.91 bits per heavy atom. The molecule has 1 aliphatic rings. The van der Waals surface area contributed by atoms with Crippen molar-refractivity contribution in [2.45, 2.75) is 26.2 Å². The molecule has 0 bridgehead atoms. The molecular weight excluding hydrogens is 416 g/mol. The average Bonchev–Trinajstić information content (AvgIpc) is 2.78. The number of aryl methyl sites for hydroxylation is 1. The summed E-state index contributed by atoms with van der Waals surface area (Å²) < 4.78 is 39.8. The Morgan fingerprint density at radius 3 is 2.56 bits per heavy atom.